The molecule has 12 heteroatoms. The molecular formula is C20H21N9O2S. The largest absolute Gasteiger partial charge is 0.369 e. The van der Waals surface area contributed by atoms with Crippen molar-refractivity contribution < 1.29 is 8.42 Å². The Balaban J connectivity index is 1.50. The molecule has 32 heavy (non-hydrogen) atoms. The molecule has 4 rings (SSSR count). The zero-order valence-corrected chi connectivity index (χ0v) is 18.1. The molecule has 2 aromatic heterocycles. The molecular weight excluding hydrogens is 430 g/mol. The van der Waals surface area contributed by atoms with Gasteiger partial charge in [-0.25, -0.2) is 4.98 Å². The summed E-state index contributed by atoms with van der Waals surface area (Å²) in [7, 11) is -2.03. The van der Waals surface area contributed by atoms with Gasteiger partial charge in [0.05, 0.1) is 10.4 Å². The predicted molar refractivity (Wildman–Crippen MR) is 123 cm³/mol. The van der Waals surface area contributed by atoms with E-state index in [0.29, 0.717) is 17.5 Å². The van der Waals surface area contributed by atoms with Crippen LogP contribution in [0.3, 0.4) is 0 Å². The molecule has 4 aromatic rings. The highest BCUT2D eigenvalue weighted by Crippen LogP contribution is 2.24. The molecule has 2 heterocycles. The summed E-state index contributed by atoms with van der Waals surface area (Å²) in [5.74, 6) is 0.397. The van der Waals surface area contributed by atoms with Crippen LogP contribution in [0.25, 0.3) is 10.9 Å². The summed E-state index contributed by atoms with van der Waals surface area (Å²) in [5.41, 5.74) is 13.7. The summed E-state index contributed by atoms with van der Waals surface area (Å²) in [6.07, 6.45) is 1.61. The van der Waals surface area contributed by atoms with Gasteiger partial charge in [0.25, 0.3) is 10.0 Å². The van der Waals surface area contributed by atoms with Gasteiger partial charge in [-0.3, -0.25) is 4.68 Å². The van der Waals surface area contributed by atoms with Crippen molar-refractivity contribution >= 4 is 50.0 Å². The van der Waals surface area contributed by atoms with Crippen LogP contribution < -0.4 is 22.1 Å². The second-order valence-corrected chi connectivity index (χ2v) is 8.58. The van der Waals surface area contributed by atoms with Crippen molar-refractivity contribution in [2.24, 2.45) is 22.9 Å². The van der Waals surface area contributed by atoms with E-state index in [0.717, 1.165) is 22.3 Å². The number of benzene rings is 2. The summed E-state index contributed by atoms with van der Waals surface area (Å²) in [6.45, 7) is 2.02. The van der Waals surface area contributed by atoms with E-state index in [4.69, 9.17) is 11.5 Å². The fraction of sp³-hybridized carbons (Fsp3) is 0.100. The fourth-order valence-corrected chi connectivity index (χ4v) is 3.94. The Hall–Kier alpha value is -4.19. The van der Waals surface area contributed by atoms with E-state index >= 15 is 0 Å². The molecule has 2 aromatic carbocycles. The van der Waals surface area contributed by atoms with E-state index in [1.807, 2.05) is 36.9 Å². The van der Waals surface area contributed by atoms with Gasteiger partial charge in [0.2, 0.25) is 11.9 Å². The zero-order chi connectivity index (χ0) is 22.9. The topological polar surface area (TPSA) is 166 Å². The van der Waals surface area contributed by atoms with Gasteiger partial charge in [0.15, 0.2) is 0 Å². The lowest BCUT2D eigenvalue weighted by molar-refractivity contribution is 0.598. The molecule has 0 atom stereocenters. The van der Waals surface area contributed by atoms with E-state index < -0.39 is 16.0 Å². The molecule has 0 amide bonds. The molecule has 164 valence electrons. The van der Waals surface area contributed by atoms with Crippen LogP contribution in [0.15, 0.2) is 64.0 Å². The number of nitrogens with one attached hydrogen (secondary N) is 2. The second kappa shape index (κ2) is 8.15. The number of aryl methyl sites for hydroxylation is 2. The van der Waals surface area contributed by atoms with Crippen molar-refractivity contribution in [3.05, 3.63) is 60.4 Å². The lowest BCUT2D eigenvalue weighted by Gasteiger charge is -2.09. The lowest BCUT2D eigenvalue weighted by Crippen LogP contribution is -2.24. The number of guanidine groups is 1. The van der Waals surface area contributed by atoms with Crippen molar-refractivity contribution in [3.8, 4) is 0 Å². The minimum atomic E-state index is -3.95. The first-order valence-electron chi connectivity index (χ1n) is 9.48. The van der Waals surface area contributed by atoms with Gasteiger partial charge in [0, 0.05) is 35.7 Å². The smallest absolute Gasteiger partial charge is 0.285 e. The Morgan fingerprint density at radius 2 is 1.75 bits per heavy atom. The van der Waals surface area contributed by atoms with E-state index in [2.05, 4.69) is 30.1 Å². The first kappa shape index (κ1) is 21.1. The highest BCUT2D eigenvalue weighted by Gasteiger charge is 2.13. The quantitative estimate of drug-likeness (QED) is 0.254. The summed E-state index contributed by atoms with van der Waals surface area (Å²) in [4.78, 5) is 8.61. The monoisotopic (exact) mass is 451 g/mol. The number of sulfonamides is 1. The molecule has 0 fully saturated rings. The van der Waals surface area contributed by atoms with Gasteiger partial charge < -0.3 is 22.1 Å². The molecule has 0 aliphatic heterocycles. The number of nitrogens with zero attached hydrogens (tertiary/aromatic N) is 5. The Morgan fingerprint density at radius 3 is 2.47 bits per heavy atom. The number of aromatic nitrogens is 4. The summed E-state index contributed by atoms with van der Waals surface area (Å²) in [6, 6.07) is 13.6. The third kappa shape index (κ3) is 4.44. The summed E-state index contributed by atoms with van der Waals surface area (Å²) in [5, 5.41) is 11.9. The minimum Gasteiger partial charge on any atom is -0.369 e. The predicted octanol–water partition coefficient (Wildman–Crippen LogP) is 2.12. The van der Waals surface area contributed by atoms with Gasteiger partial charge in [-0.15, -0.1) is 4.40 Å². The van der Waals surface area contributed by atoms with Crippen LogP contribution in [0, 0.1) is 6.92 Å². The average molecular weight is 452 g/mol. The third-order valence-corrected chi connectivity index (χ3v) is 6.01. The Bertz CT molecular complexity index is 1420. The molecule has 0 saturated heterocycles. The SMILES string of the molecule is Cc1c2ccc(Nc3ccnc(Nc4ccc(S(=O)(=O)N=C(N)N)cc4)n3)cc2nn1C. The highest BCUT2D eigenvalue weighted by molar-refractivity contribution is 7.90. The maximum absolute atomic E-state index is 12.0. The zero-order valence-electron chi connectivity index (χ0n) is 17.3. The summed E-state index contributed by atoms with van der Waals surface area (Å²) < 4.78 is 29.1. The lowest BCUT2D eigenvalue weighted by atomic mass is 10.2. The van der Waals surface area contributed by atoms with Crippen LogP contribution in [0.2, 0.25) is 0 Å². The molecule has 0 radical (unpaired) electrons. The van der Waals surface area contributed by atoms with Crippen molar-refractivity contribution in [2.45, 2.75) is 11.8 Å². The highest BCUT2D eigenvalue weighted by atomic mass is 32.2. The average Bonchev–Trinajstić information content (AvgIpc) is 3.01. The maximum Gasteiger partial charge on any atom is 0.285 e. The van der Waals surface area contributed by atoms with Crippen LogP contribution >= 0.6 is 0 Å². The molecule has 0 spiro atoms. The van der Waals surface area contributed by atoms with Crippen molar-refractivity contribution in [2.75, 3.05) is 10.6 Å². The molecule has 6 N–H and O–H groups in total. The molecule has 11 nitrogen and oxygen atoms in total. The minimum absolute atomic E-state index is 0.0343. The van der Waals surface area contributed by atoms with E-state index in [1.165, 1.54) is 12.1 Å². The fourth-order valence-electron chi connectivity index (χ4n) is 3.08. The summed E-state index contributed by atoms with van der Waals surface area (Å²) >= 11 is 0. The number of rotatable bonds is 6. The van der Waals surface area contributed by atoms with Crippen molar-refractivity contribution in [1.29, 1.82) is 0 Å². The molecule has 0 unspecified atom stereocenters. The number of fused-ring (bicyclic) bond motifs is 1. The van der Waals surface area contributed by atoms with Crippen LogP contribution in [0.5, 0.6) is 0 Å². The normalized spacial score (nSPS) is 11.3. The Labute approximate surface area is 184 Å². The third-order valence-electron chi connectivity index (χ3n) is 4.69. The molecule has 0 aliphatic carbocycles. The van der Waals surface area contributed by atoms with Gasteiger partial charge in [-0.05, 0) is 55.5 Å². The van der Waals surface area contributed by atoms with Crippen LogP contribution in [0.1, 0.15) is 5.69 Å². The van der Waals surface area contributed by atoms with Gasteiger partial charge in [-0.1, -0.05) is 0 Å². The standard InChI is InChI=1S/C20H21N9O2S/c1-12-16-8-5-14(11-17(16)27-29(12)2)24-18-9-10-23-20(26-18)25-13-3-6-15(7-4-13)32(30,31)28-19(21)22/h3-11H,1-2H3,(H4,21,22,28)(H2,23,24,25,26). The molecule has 0 bridgehead atoms. The number of hydrogen-bond donors (Lipinski definition) is 4. The van der Waals surface area contributed by atoms with E-state index in [1.54, 1.807) is 24.4 Å². The van der Waals surface area contributed by atoms with Gasteiger partial charge in [-0.2, -0.15) is 18.5 Å². The Morgan fingerprint density at radius 1 is 1.03 bits per heavy atom. The number of nitrogens with two attached hydrogens (primary N) is 2. The van der Waals surface area contributed by atoms with Crippen LogP contribution in [-0.4, -0.2) is 34.1 Å². The second-order valence-electron chi connectivity index (χ2n) is 6.97. The van der Waals surface area contributed by atoms with Crippen molar-refractivity contribution in [1.82, 2.24) is 19.7 Å². The maximum atomic E-state index is 12.0. The Kier molecular flexibility index (Phi) is 5.36. The number of anilines is 4. The molecule has 0 aliphatic rings. The first-order chi connectivity index (χ1) is 15.2. The van der Waals surface area contributed by atoms with Gasteiger partial charge in [0.1, 0.15) is 5.82 Å². The van der Waals surface area contributed by atoms with E-state index in [9.17, 15) is 8.42 Å². The van der Waals surface area contributed by atoms with Crippen LogP contribution in [0.4, 0.5) is 23.1 Å². The number of hydrogen-bond acceptors (Lipinski definition) is 7. The van der Waals surface area contributed by atoms with Crippen molar-refractivity contribution in [3.63, 3.8) is 0 Å². The van der Waals surface area contributed by atoms with Crippen LogP contribution in [-0.2, 0) is 17.1 Å². The molecule has 0 saturated carbocycles. The first-order valence-corrected chi connectivity index (χ1v) is 10.9. The van der Waals surface area contributed by atoms with Gasteiger partial charge >= 0.3 is 0 Å². The van der Waals surface area contributed by atoms with E-state index in [-0.39, 0.29) is 4.90 Å².